The first-order chi connectivity index (χ1) is 14.8. The molecule has 0 aromatic heterocycles. The van der Waals surface area contributed by atoms with E-state index in [2.05, 4.69) is 0 Å². The topological polar surface area (TPSA) is 105 Å². The van der Waals surface area contributed by atoms with Crippen LogP contribution in [0.15, 0.2) is 0 Å². The lowest BCUT2D eigenvalue weighted by Gasteiger charge is -2.50. The van der Waals surface area contributed by atoms with Crippen LogP contribution in [0.3, 0.4) is 0 Å². The van der Waals surface area contributed by atoms with Crippen LogP contribution in [0.2, 0.25) is 0 Å². The Hall–Kier alpha value is -2.12. The van der Waals surface area contributed by atoms with Crippen LogP contribution < -0.4 is 0 Å². The van der Waals surface area contributed by atoms with Crippen molar-refractivity contribution in [1.29, 1.82) is 0 Å². The molecule has 0 unspecified atom stereocenters. The van der Waals surface area contributed by atoms with Gasteiger partial charge in [-0.1, -0.05) is 0 Å². The smallest absolute Gasteiger partial charge is 0.312 e. The van der Waals surface area contributed by atoms with E-state index in [9.17, 15) is 19.2 Å². The standard InChI is InChI=1S/C23H26O8/c1-28-18(26)22-9-23(19(27)29-2)11-8-20(5-3-12(24)30-20)16(22)15(11)14-10(22)7-21(17(14)23)6-4-13(25)31-21/h10-11,14-17H,3-9H2,1-2H3/t10-,11+,14-,15-,16-,17-,20+,21+,22-,23-/m1/s1. The Bertz CT molecular complexity index is 899. The monoisotopic (exact) mass is 430 g/mol. The number of rotatable bonds is 2. The van der Waals surface area contributed by atoms with Gasteiger partial charge in [0, 0.05) is 24.7 Å². The van der Waals surface area contributed by atoms with Crippen molar-refractivity contribution >= 4 is 23.9 Å². The van der Waals surface area contributed by atoms with Crippen molar-refractivity contribution in [2.75, 3.05) is 14.2 Å². The summed E-state index contributed by atoms with van der Waals surface area (Å²) in [7, 11) is 2.79. The fraction of sp³-hybridized carbons (Fsp3) is 0.826. The van der Waals surface area contributed by atoms with Crippen LogP contribution in [0.1, 0.15) is 44.9 Å². The second-order valence-corrected chi connectivity index (χ2v) is 11.0. The van der Waals surface area contributed by atoms with E-state index in [1.54, 1.807) is 0 Å². The Morgan fingerprint density at radius 1 is 0.806 bits per heavy atom. The van der Waals surface area contributed by atoms with Crippen LogP contribution in [0.4, 0.5) is 0 Å². The minimum absolute atomic E-state index is 0.0369. The molecule has 6 aliphatic carbocycles. The number of ether oxygens (including phenoxy) is 4. The van der Waals surface area contributed by atoms with Gasteiger partial charge in [0.25, 0.3) is 0 Å². The molecule has 2 aliphatic heterocycles. The first-order valence-electron chi connectivity index (χ1n) is 11.4. The Kier molecular flexibility index (Phi) is 3.03. The van der Waals surface area contributed by atoms with E-state index in [1.165, 1.54) is 14.2 Å². The predicted octanol–water partition coefficient (Wildman–Crippen LogP) is 1.39. The number of hydrogen-bond acceptors (Lipinski definition) is 8. The Labute approximate surface area is 179 Å². The molecule has 0 aromatic rings. The SMILES string of the molecule is COC(=O)[C@@]12C[C@@]3(C(=O)OC)[C@@H]4C[C@@]5(CCC(=O)O5)[C@H]1[C@H]4[C@@H]1[C@@H]3[C@]3(CCC(=O)O3)C[C@@H]12. The summed E-state index contributed by atoms with van der Waals surface area (Å²) in [5.41, 5.74) is -3.23. The molecule has 0 radical (unpaired) electrons. The fourth-order valence-electron chi connectivity index (χ4n) is 10.6. The molecule has 6 saturated carbocycles. The third-order valence-corrected chi connectivity index (χ3v) is 10.7. The van der Waals surface area contributed by atoms with Crippen molar-refractivity contribution in [1.82, 2.24) is 0 Å². The highest BCUT2D eigenvalue weighted by Gasteiger charge is 2.94. The maximum atomic E-state index is 13.6. The summed E-state index contributed by atoms with van der Waals surface area (Å²) in [5, 5.41) is 0. The van der Waals surface area contributed by atoms with Crippen molar-refractivity contribution in [3.8, 4) is 0 Å². The van der Waals surface area contributed by atoms with E-state index < -0.39 is 22.0 Å². The summed E-state index contributed by atoms with van der Waals surface area (Å²) in [4.78, 5) is 51.7. The number of hydrogen-bond donors (Lipinski definition) is 0. The van der Waals surface area contributed by atoms with Gasteiger partial charge in [0.15, 0.2) is 0 Å². The highest BCUT2D eigenvalue weighted by molar-refractivity contribution is 5.87. The van der Waals surface area contributed by atoms with Gasteiger partial charge in [0.2, 0.25) is 0 Å². The summed E-state index contributed by atoms with van der Waals surface area (Å²) in [5.74, 6) is -1.28. The van der Waals surface area contributed by atoms with Gasteiger partial charge in [-0.25, -0.2) is 0 Å². The molecule has 10 atom stereocenters. The van der Waals surface area contributed by atoms with E-state index in [4.69, 9.17) is 18.9 Å². The molecule has 2 heterocycles. The average molecular weight is 430 g/mol. The van der Waals surface area contributed by atoms with E-state index in [1.807, 2.05) is 0 Å². The quantitative estimate of drug-likeness (QED) is 0.478. The van der Waals surface area contributed by atoms with Gasteiger partial charge in [-0.3, -0.25) is 19.2 Å². The lowest BCUT2D eigenvalue weighted by molar-refractivity contribution is -0.189. The van der Waals surface area contributed by atoms with Crippen LogP contribution in [0.25, 0.3) is 0 Å². The van der Waals surface area contributed by atoms with Gasteiger partial charge < -0.3 is 18.9 Å². The molecule has 8 rings (SSSR count). The van der Waals surface area contributed by atoms with Gasteiger partial charge >= 0.3 is 23.9 Å². The summed E-state index contributed by atoms with van der Waals surface area (Å²) in [6, 6.07) is 0. The predicted molar refractivity (Wildman–Crippen MR) is 99.8 cm³/mol. The third kappa shape index (κ3) is 1.60. The summed E-state index contributed by atoms with van der Waals surface area (Å²) >= 11 is 0. The van der Waals surface area contributed by atoms with Crippen molar-refractivity contribution < 1.29 is 38.1 Å². The zero-order valence-corrected chi connectivity index (χ0v) is 17.7. The van der Waals surface area contributed by atoms with Crippen LogP contribution in [-0.4, -0.2) is 49.3 Å². The normalized spacial score (nSPS) is 56.6. The molecule has 8 fully saturated rings. The maximum Gasteiger partial charge on any atom is 0.312 e. The minimum atomic E-state index is -0.912. The molecule has 31 heavy (non-hydrogen) atoms. The average Bonchev–Trinajstić information content (AvgIpc) is 3.52. The molecular weight excluding hydrogens is 404 g/mol. The molecule has 8 heteroatoms. The van der Waals surface area contributed by atoms with Crippen molar-refractivity contribution in [2.24, 2.45) is 46.3 Å². The lowest BCUT2D eigenvalue weighted by Crippen LogP contribution is -2.58. The Balaban J connectivity index is 1.49. The molecule has 2 saturated heterocycles. The van der Waals surface area contributed by atoms with Crippen molar-refractivity contribution in [2.45, 2.75) is 56.1 Å². The highest BCUT2D eigenvalue weighted by Crippen LogP contribution is 2.90. The Morgan fingerprint density at radius 3 is 1.55 bits per heavy atom. The van der Waals surface area contributed by atoms with E-state index in [-0.39, 0.29) is 59.4 Å². The molecule has 2 spiro atoms. The molecule has 0 aromatic carbocycles. The number of methoxy groups -OCH3 is 2. The second-order valence-electron chi connectivity index (χ2n) is 11.0. The zero-order valence-electron chi connectivity index (χ0n) is 17.7. The van der Waals surface area contributed by atoms with Crippen molar-refractivity contribution in [3.63, 3.8) is 0 Å². The van der Waals surface area contributed by atoms with Crippen LogP contribution in [0, 0.1) is 46.3 Å². The van der Waals surface area contributed by atoms with Crippen molar-refractivity contribution in [3.05, 3.63) is 0 Å². The van der Waals surface area contributed by atoms with E-state index in [0.717, 1.165) is 0 Å². The largest absolute Gasteiger partial charge is 0.469 e. The summed E-state index contributed by atoms with van der Waals surface area (Å²) in [6.07, 6.45) is 3.36. The molecule has 0 N–H and O–H groups in total. The van der Waals surface area contributed by atoms with Crippen LogP contribution in [-0.2, 0) is 38.1 Å². The highest BCUT2D eigenvalue weighted by atomic mass is 16.6. The number of carbonyl (C=O) groups is 4. The molecule has 0 amide bonds. The first-order valence-corrected chi connectivity index (χ1v) is 11.4. The summed E-state index contributed by atoms with van der Waals surface area (Å²) in [6.45, 7) is 0. The second kappa shape index (κ2) is 5.09. The van der Waals surface area contributed by atoms with E-state index >= 15 is 0 Å². The zero-order chi connectivity index (χ0) is 21.6. The Morgan fingerprint density at radius 2 is 1.23 bits per heavy atom. The number of carbonyl (C=O) groups excluding carboxylic acids is 4. The summed E-state index contributed by atoms with van der Waals surface area (Å²) < 4.78 is 22.8. The van der Waals surface area contributed by atoms with Crippen LogP contribution >= 0.6 is 0 Å². The lowest BCUT2D eigenvalue weighted by atomic mass is 9.52. The van der Waals surface area contributed by atoms with Crippen LogP contribution in [0.5, 0.6) is 0 Å². The van der Waals surface area contributed by atoms with Gasteiger partial charge in [-0.2, -0.15) is 0 Å². The number of esters is 4. The molecular formula is C23H26O8. The molecule has 8 aliphatic rings. The first kappa shape index (κ1) is 18.5. The van der Waals surface area contributed by atoms with E-state index in [0.29, 0.717) is 44.9 Å². The van der Waals surface area contributed by atoms with Gasteiger partial charge in [0.05, 0.1) is 25.0 Å². The van der Waals surface area contributed by atoms with Gasteiger partial charge in [-0.15, -0.1) is 0 Å². The third-order valence-electron chi connectivity index (χ3n) is 10.7. The molecule has 8 bridgehead atoms. The molecule has 8 nitrogen and oxygen atoms in total. The van der Waals surface area contributed by atoms with Gasteiger partial charge in [-0.05, 0) is 55.8 Å². The fourth-order valence-corrected chi connectivity index (χ4v) is 10.6. The van der Waals surface area contributed by atoms with Gasteiger partial charge in [0.1, 0.15) is 11.2 Å². The minimum Gasteiger partial charge on any atom is -0.469 e. The molecule has 166 valence electrons. The maximum absolute atomic E-state index is 13.6.